The van der Waals surface area contributed by atoms with Gasteiger partial charge < -0.3 is 0 Å². The quantitative estimate of drug-likeness (QED) is 0.646. The summed E-state index contributed by atoms with van der Waals surface area (Å²) >= 11 is 17.2. The van der Waals surface area contributed by atoms with E-state index in [-0.39, 0.29) is 0 Å². The van der Waals surface area contributed by atoms with Crippen LogP contribution in [-0.2, 0) is 5.75 Å². The van der Waals surface area contributed by atoms with E-state index >= 15 is 0 Å². The van der Waals surface area contributed by atoms with Crippen LogP contribution in [0.25, 0.3) is 15.5 Å². The lowest BCUT2D eigenvalue weighted by Crippen LogP contribution is -1.95. The van der Waals surface area contributed by atoms with Crippen molar-refractivity contribution >= 4 is 67.4 Å². The molecule has 4 rings (SSSR count). The Morgan fingerprint density at radius 2 is 2.17 bits per heavy atom. The predicted molar refractivity (Wildman–Crippen MR) is 100 cm³/mol. The summed E-state index contributed by atoms with van der Waals surface area (Å²) in [5, 5.41) is 15.0. The SMILES string of the molecule is Clc1ccc(Cl)c(-c2nn3c(CSC4=NCCS4)nnc3s2)c1. The number of benzene rings is 1. The van der Waals surface area contributed by atoms with Crippen LogP contribution >= 0.6 is 58.1 Å². The molecule has 118 valence electrons. The van der Waals surface area contributed by atoms with Gasteiger partial charge in [0, 0.05) is 16.3 Å². The molecule has 0 radical (unpaired) electrons. The minimum atomic E-state index is 0.618. The summed E-state index contributed by atoms with van der Waals surface area (Å²) in [5.74, 6) is 2.56. The van der Waals surface area contributed by atoms with E-state index in [0.717, 1.165) is 38.0 Å². The van der Waals surface area contributed by atoms with Gasteiger partial charge in [-0.3, -0.25) is 4.99 Å². The van der Waals surface area contributed by atoms with E-state index in [9.17, 15) is 0 Å². The van der Waals surface area contributed by atoms with E-state index in [1.54, 1.807) is 40.2 Å². The summed E-state index contributed by atoms with van der Waals surface area (Å²) < 4.78 is 2.87. The first kappa shape index (κ1) is 15.7. The summed E-state index contributed by atoms with van der Waals surface area (Å²) in [6.45, 7) is 0.899. The fourth-order valence-electron chi connectivity index (χ4n) is 2.05. The van der Waals surface area contributed by atoms with Gasteiger partial charge in [-0.2, -0.15) is 9.61 Å². The molecule has 0 aliphatic carbocycles. The highest BCUT2D eigenvalue weighted by Gasteiger charge is 2.16. The maximum absolute atomic E-state index is 6.25. The Balaban J connectivity index is 1.64. The monoisotopic (exact) mass is 401 g/mol. The van der Waals surface area contributed by atoms with Crippen molar-refractivity contribution in [1.82, 2.24) is 19.8 Å². The Morgan fingerprint density at radius 3 is 3.00 bits per heavy atom. The minimum Gasteiger partial charge on any atom is -0.271 e. The molecular formula is C13H9Cl2N5S3. The standard InChI is InChI=1S/C13H9Cl2N5S3/c14-7-1-2-9(15)8(5-7)11-19-20-10(17-18-12(20)23-11)6-22-13-16-3-4-21-13/h1-2,5H,3-4,6H2. The summed E-state index contributed by atoms with van der Waals surface area (Å²) in [6, 6.07) is 5.34. The van der Waals surface area contributed by atoms with Crippen molar-refractivity contribution in [3.05, 3.63) is 34.1 Å². The van der Waals surface area contributed by atoms with Gasteiger partial charge in [0.15, 0.2) is 5.82 Å². The summed E-state index contributed by atoms with van der Waals surface area (Å²) in [7, 11) is 0. The van der Waals surface area contributed by atoms with Gasteiger partial charge in [0.1, 0.15) is 9.38 Å². The van der Waals surface area contributed by atoms with E-state index in [0.29, 0.717) is 15.8 Å². The molecule has 10 heteroatoms. The molecule has 0 unspecified atom stereocenters. The number of thioether (sulfide) groups is 2. The molecule has 0 amide bonds. The molecule has 1 aromatic carbocycles. The first-order valence-electron chi connectivity index (χ1n) is 6.67. The first-order valence-corrected chi connectivity index (χ1v) is 10.2. The molecule has 0 saturated carbocycles. The van der Waals surface area contributed by atoms with E-state index < -0.39 is 0 Å². The number of fused-ring (bicyclic) bond motifs is 1. The van der Waals surface area contributed by atoms with Gasteiger partial charge in [-0.1, -0.05) is 58.1 Å². The third kappa shape index (κ3) is 3.23. The third-order valence-corrected chi connectivity index (χ3v) is 6.84. The highest BCUT2D eigenvalue weighted by Crippen LogP contribution is 2.34. The molecule has 0 N–H and O–H groups in total. The Bertz CT molecular complexity index is 904. The number of nitrogens with zero attached hydrogens (tertiary/aromatic N) is 5. The Hall–Kier alpha value is -0.800. The van der Waals surface area contributed by atoms with Crippen LogP contribution in [0, 0.1) is 0 Å². The molecule has 1 aliphatic heterocycles. The summed E-state index contributed by atoms with van der Waals surface area (Å²) in [4.78, 5) is 5.17. The van der Waals surface area contributed by atoms with E-state index in [1.165, 1.54) is 11.3 Å². The molecule has 1 aliphatic rings. The highest BCUT2D eigenvalue weighted by atomic mass is 35.5. The van der Waals surface area contributed by atoms with Crippen molar-refractivity contribution in [1.29, 1.82) is 0 Å². The van der Waals surface area contributed by atoms with Crippen LogP contribution in [0.15, 0.2) is 23.2 Å². The van der Waals surface area contributed by atoms with Crippen LogP contribution in [0.5, 0.6) is 0 Å². The fourth-order valence-corrected chi connectivity index (χ4v) is 5.29. The molecule has 0 saturated heterocycles. The van der Waals surface area contributed by atoms with Crippen LogP contribution in [-0.4, -0.2) is 36.5 Å². The number of aromatic nitrogens is 4. The zero-order valence-electron chi connectivity index (χ0n) is 11.6. The normalized spacial score (nSPS) is 14.6. The van der Waals surface area contributed by atoms with E-state index in [4.69, 9.17) is 23.2 Å². The predicted octanol–water partition coefficient (Wildman–Crippen LogP) is 4.50. The van der Waals surface area contributed by atoms with Crippen molar-refractivity contribution < 1.29 is 0 Å². The number of rotatable bonds is 3. The minimum absolute atomic E-state index is 0.618. The Morgan fingerprint density at radius 1 is 1.26 bits per heavy atom. The molecule has 23 heavy (non-hydrogen) atoms. The third-order valence-electron chi connectivity index (χ3n) is 3.10. The molecule has 0 fully saturated rings. The van der Waals surface area contributed by atoms with Crippen LogP contribution in [0.2, 0.25) is 10.0 Å². The molecule has 3 heterocycles. The second-order valence-electron chi connectivity index (χ2n) is 4.63. The molecular weight excluding hydrogens is 393 g/mol. The Labute approximate surface area is 154 Å². The van der Waals surface area contributed by atoms with Crippen LogP contribution in [0.3, 0.4) is 0 Å². The lowest BCUT2D eigenvalue weighted by molar-refractivity contribution is 0.888. The smallest absolute Gasteiger partial charge is 0.235 e. The zero-order valence-corrected chi connectivity index (χ0v) is 15.5. The van der Waals surface area contributed by atoms with Gasteiger partial charge in [-0.05, 0) is 18.2 Å². The van der Waals surface area contributed by atoms with Gasteiger partial charge in [0.2, 0.25) is 4.96 Å². The molecule has 3 aromatic rings. The molecule has 5 nitrogen and oxygen atoms in total. The average Bonchev–Trinajstić information content (AvgIpc) is 3.24. The van der Waals surface area contributed by atoms with Crippen LogP contribution in [0.1, 0.15) is 5.82 Å². The number of aliphatic imine (C=N–C) groups is 1. The lowest BCUT2D eigenvalue weighted by Gasteiger charge is -2.00. The molecule has 0 bridgehead atoms. The highest BCUT2D eigenvalue weighted by molar-refractivity contribution is 8.38. The van der Waals surface area contributed by atoms with Gasteiger partial charge >= 0.3 is 0 Å². The van der Waals surface area contributed by atoms with Crippen molar-refractivity contribution in [3.8, 4) is 10.6 Å². The summed E-state index contributed by atoms with van der Waals surface area (Å²) in [5.41, 5.74) is 0.809. The van der Waals surface area contributed by atoms with E-state index in [2.05, 4.69) is 20.3 Å². The summed E-state index contributed by atoms with van der Waals surface area (Å²) in [6.07, 6.45) is 0. The van der Waals surface area contributed by atoms with Gasteiger partial charge in [-0.15, -0.1) is 10.2 Å². The van der Waals surface area contributed by atoms with Gasteiger partial charge in [-0.25, -0.2) is 0 Å². The fraction of sp³-hybridized carbons (Fsp3) is 0.231. The van der Waals surface area contributed by atoms with Gasteiger partial charge in [0.25, 0.3) is 0 Å². The van der Waals surface area contributed by atoms with E-state index in [1.807, 2.05) is 6.07 Å². The average molecular weight is 402 g/mol. The second kappa shape index (κ2) is 6.60. The second-order valence-corrected chi connectivity index (χ2v) is 8.73. The van der Waals surface area contributed by atoms with Gasteiger partial charge in [0.05, 0.1) is 17.3 Å². The Kier molecular flexibility index (Phi) is 4.51. The molecule has 2 aromatic heterocycles. The zero-order chi connectivity index (χ0) is 15.8. The largest absolute Gasteiger partial charge is 0.271 e. The van der Waals surface area contributed by atoms with Crippen molar-refractivity contribution in [3.63, 3.8) is 0 Å². The van der Waals surface area contributed by atoms with Crippen molar-refractivity contribution in [2.75, 3.05) is 12.3 Å². The van der Waals surface area contributed by atoms with Crippen LogP contribution in [0.4, 0.5) is 0 Å². The maximum Gasteiger partial charge on any atom is 0.235 e. The maximum atomic E-state index is 6.25. The number of halogens is 2. The molecule has 0 atom stereocenters. The first-order chi connectivity index (χ1) is 11.2. The van der Waals surface area contributed by atoms with Crippen LogP contribution < -0.4 is 0 Å². The molecule has 0 spiro atoms. The van der Waals surface area contributed by atoms with Crippen molar-refractivity contribution in [2.45, 2.75) is 5.75 Å². The lowest BCUT2D eigenvalue weighted by atomic mass is 10.2. The number of hydrogen-bond acceptors (Lipinski definition) is 7. The topological polar surface area (TPSA) is 55.4 Å². The number of hydrogen-bond donors (Lipinski definition) is 0. The van der Waals surface area contributed by atoms with Crippen molar-refractivity contribution in [2.24, 2.45) is 4.99 Å².